The van der Waals surface area contributed by atoms with Crippen molar-refractivity contribution in [2.75, 3.05) is 10.6 Å². The SMILES string of the molecule is CC(C)(C)NS(=O)(=O)c1cccc(Nc2nc(Nc3ccc(/C=C/C(=O)NO)cc3)ncc2Cl)c1. The van der Waals surface area contributed by atoms with Gasteiger partial charge in [0.2, 0.25) is 16.0 Å². The van der Waals surface area contributed by atoms with Crippen molar-refractivity contribution in [3.8, 4) is 0 Å². The molecule has 3 aromatic rings. The Morgan fingerprint density at radius 1 is 1.06 bits per heavy atom. The Kier molecular flexibility index (Phi) is 8.07. The van der Waals surface area contributed by atoms with E-state index >= 15 is 0 Å². The van der Waals surface area contributed by atoms with Crippen LogP contribution in [-0.4, -0.2) is 35.0 Å². The number of rotatable bonds is 8. The summed E-state index contributed by atoms with van der Waals surface area (Å²) in [5, 5.41) is 14.9. The number of nitrogens with zero attached hydrogens (tertiary/aromatic N) is 2. The lowest BCUT2D eigenvalue weighted by atomic mass is 10.1. The summed E-state index contributed by atoms with van der Waals surface area (Å²) in [6.45, 7) is 5.30. The van der Waals surface area contributed by atoms with Crippen LogP contribution >= 0.6 is 11.6 Å². The number of hydrogen-bond acceptors (Lipinski definition) is 8. The normalized spacial score (nSPS) is 11.9. The van der Waals surface area contributed by atoms with Crippen LogP contribution in [0.4, 0.5) is 23.1 Å². The molecular weight excluding hydrogens is 492 g/mol. The maximum atomic E-state index is 12.7. The van der Waals surface area contributed by atoms with Crippen molar-refractivity contribution < 1.29 is 18.4 Å². The first-order chi connectivity index (χ1) is 16.4. The summed E-state index contributed by atoms with van der Waals surface area (Å²) in [7, 11) is -3.71. The fraction of sp³-hybridized carbons (Fsp3) is 0.174. The minimum atomic E-state index is -3.71. The summed E-state index contributed by atoms with van der Waals surface area (Å²) >= 11 is 6.26. The molecule has 0 atom stereocenters. The molecule has 1 amide bonds. The topological polar surface area (TPSA) is 145 Å². The molecule has 0 aliphatic carbocycles. The van der Waals surface area contributed by atoms with E-state index in [0.29, 0.717) is 11.4 Å². The zero-order chi connectivity index (χ0) is 25.6. The van der Waals surface area contributed by atoms with Crippen LogP contribution in [-0.2, 0) is 14.8 Å². The summed E-state index contributed by atoms with van der Waals surface area (Å²) in [4.78, 5) is 19.7. The van der Waals surface area contributed by atoms with Gasteiger partial charge in [-0.25, -0.2) is 23.6 Å². The van der Waals surface area contributed by atoms with Crippen LogP contribution in [0.1, 0.15) is 26.3 Å². The number of hydroxylamine groups is 1. The van der Waals surface area contributed by atoms with Crippen LogP contribution in [0, 0.1) is 0 Å². The molecule has 2 aromatic carbocycles. The van der Waals surface area contributed by atoms with Gasteiger partial charge in [0, 0.05) is 23.0 Å². The van der Waals surface area contributed by atoms with E-state index in [9.17, 15) is 13.2 Å². The van der Waals surface area contributed by atoms with Crippen molar-refractivity contribution in [3.63, 3.8) is 0 Å². The highest BCUT2D eigenvalue weighted by Crippen LogP contribution is 2.26. The fourth-order valence-corrected chi connectivity index (χ4v) is 4.47. The molecule has 0 aliphatic rings. The Hall–Kier alpha value is -3.51. The van der Waals surface area contributed by atoms with E-state index in [0.717, 1.165) is 5.56 Å². The van der Waals surface area contributed by atoms with Gasteiger partial charge in [0.15, 0.2) is 5.82 Å². The predicted molar refractivity (Wildman–Crippen MR) is 136 cm³/mol. The number of aromatic nitrogens is 2. The quantitative estimate of drug-likeness (QED) is 0.170. The molecule has 12 heteroatoms. The zero-order valence-corrected chi connectivity index (χ0v) is 20.8. The number of sulfonamides is 1. The number of carbonyl (C=O) groups excluding carboxylic acids is 1. The van der Waals surface area contributed by atoms with Crippen molar-refractivity contribution >= 4 is 56.7 Å². The Morgan fingerprint density at radius 2 is 1.77 bits per heavy atom. The molecule has 35 heavy (non-hydrogen) atoms. The van der Waals surface area contributed by atoms with Gasteiger partial charge in [0.1, 0.15) is 5.02 Å². The summed E-state index contributed by atoms with van der Waals surface area (Å²) in [5.74, 6) is -0.0783. The van der Waals surface area contributed by atoms with Crippen LogP contribution in [0.15, 0.2) is 65.7 Å². The third-order valence-electron chi connectivity index (χ3n) is 4.30. The molecular formula is C23H25ClN6O4S. The molecule has 10 nitrogen and oxygen atoms in total. The van der Waals surface area contributed by atoms with E-state index in [1.165, 1.54) is 29.9 Å². The predicted octanol–water partition coefficient (Wildman–Crippen LogP) is 4.21. The Balaban J connectivity index is 1.76. The van der Waals surface area contributed by atoms with Crippen LogP contribution < -0.4 is 20.8 Å². The molecule has 0 unspecified atom stereocenters. The molecule has 0 aliphatic heterocycles. The minimum Gasteiger partial charge on any atom is -0.339 e. The molecule has 0 saturated heterocycles. The van der Waals surface area contributed by atoms with E-state index in [4.69, 9.17) is 16.8 Å². The van der Waals surface area contributed by atoms with Crippen molar-refractivity contribution in [1.82, 2.24) is 20.2 Å². The van der Waals surface area contributed by atoms with Gasteiger partial charge >= 0.3 is 0 Å². The maximum absolute atomic E-state index is 12.7. The van der Waals surface area contributed by atoms with Crippen LogP contribution in [0.2, 0.25) is 5.02 Å². The maximum Gasteiger partial charge on any atom is 0.267 e. The van der Waals surface area contributed by atoms with Gasteiger partial charge < -0.3 is 10.6 Å². The standard InChI is InChI=1S/C23H25ClN6O4S/c1-23(2,3)30-35(33,34)18-6-4-5-17(13-18)26-21-19(24)14-25-22(28-21)27-16-10-7-15(8-11-16)9-12-20(31)29-32/h4-14,30,32H,1-3H3,(H,29,31)(H2,25,26,27,28)/b12-9+. The van der Waals surface area contributed by atoms with E-state index in [-0.39, 0.29) is 21.7 Å². The Bertz CT molecular complexity index is 1340. The Morgan fingerprint density at radius 3 is 2.43 bits per heavy atom. The van der Waals surface area contributed by atoms with Gasteiger partial charge in [-0.2, -0.15) is 4.98 Å². The first kappa shape index (κ1) is 26.1. The molecule has 0 fully saturated rings. The average Bonchev–Trinajstić information content (AvgIpc) is 2.79. The highest BCUT2D eigenvalue weighted by molar-refractivity contribution is 7.89. The highest BCUT2D eigenvalue weighted by Gasteiger charge is 2.22. The van der Waals surface area contributed by atoms with E-state index in [1.807, 2.05) is 0 Å². The molecule has 3 rings (SSSR count). The second kappa shape index (κ2) is 10.8. The monoisotopic (exact) mass is 516 g/mol. The zero-order valence-electron chi connectivity index (χ0n) is 19.2. The number of amides is 1. The van der Waals surface area contributed by atoms with Gasteiger partial charge in [-0.1, -0.05) is 29.8 Å². The van der Waals surface area contributed by atoms with Crippen LogP contribution in [0.25, 0.3) is 6.08 Å². The molecule has 5 N–H and O–H groups in total. The van der Waals surface area contributed by atoms with E-state index < -0.39 is 21.5 Å². The molecule has 1 heterocycles. The smallest absolute Gasteiger partial charge is 0.267 e. The second-order valence-electron chi connectivity index (χ2n) is 8.45. The molecule has 0 spiro atoms. The largest absolute Gasteiger partial charge is 0.339 e. The molecule has 184 valence electrons. The van der Waals surface area contributed by atoms with Crippen molar-refractivity contribution in [1.29, 1.82) is 0 Å². The summed E-state index contributed by atoms with van der Waals surface area (Å²) < 4.78 is 27.9. The van der Waals surface area contributed by atoms with Crippen LogP contribution in [0.3, 0.4) is 0 Å². The van der Waals surface area contributed by atoms with Gasteiger partial charge in [0.05, 0.1) is 11.1 Å². The molecule has 1 aromatic heterocycles. The van der Waals surface area contributed by atoms with E-state index in [1.54, 1.807) is 63.2 Å². The van der Waals surface area contributed by atoms with Gasteiger partial charge in [-0.15, -0.1) is 0 Å². The van der Waals surface area contributed by atoms with E-state index in [2.05, 4.69) is 25.3 Å². The number of nitrogens with one attached hydrogen (secondary N) is 4. The number of hydrogen-bond donors (Lipinski definition) is 5. The van der Waals surface area contributed by atoms with Crippen LogP contribution in [0.5, 0.6) is 0 Å². The minimum absolute atomic E-state index is 0.103. The average molecular weight is 517 g/mol. The summed E-state index contributed by atoms with van der Waals surface area (Å²) in [6, 6.07) is 13.4. The van der Waals surface area contributed by atoms with Crippen molar-refractivity contribution in [2.45, 2.75) is 31.2 Å². The highest BCUT2D eigenvalue weighted by atomic mass is 35.5. The third-order valence-corrected chi connectivity index (χ3v) is 6.33. The van der Waals surface area contributed by atoms with Crippen molar-refractivity contribution in [2.24, 2.45) is 0 Å². The molecule has 0 bridgehead atoms. The lowest BCUT2D eigenvalue weighted by Crippen LogP contribution is -2.40. The lowest BCUT2D eigenvalue weighted by Gasteiger charge is -2.20. The summed E-state index contributed by atoms with van der Waals surface area (Å²) in [5.41, 5.74) is 2.81. The van der Waals surface area contributed by atoms with Gasteiger partial charge in [-0.05, 0) is 62.7 Å². The van der Waals surface area contributed by atoms with Crippen molar-refractivity contribution in [3.05, 3.63) is 71.4 Å². The number of halogens is 1. The third kappa shape index (κ3) is 7.76. The first-order valence-electron chi connectivity index (χ1n) is 10.4. The number of benzene rings is 2. The van der Waals surface area contributed by atoms with Gasteiger partial charge in [-0.3, -0.25) is 10.0 Å². The molecule has 0 radical (unpaired) electrons. The van der Waals surface area contributed by atoms with Gasteiger partial charge in [0.25, 0.3) is 5.91 Å². The lowest BCUT2D eigenvalue weighted by molar-refractivity contribution is -0.124. The first-order valence-corrected chi connectivity index (χ1v) is 12.2. The molecule has 0 saturated carbocycles. The second-order valence-corrected chi connectivity index (χ2v) is 10.5. The number of carbonyl (C=O) groups is 1. The Labute approximate surface area is 208 Å². The number of anilines is 4. The fourth-order valence-electron chi connectivity index (χ4n) is 2.87. The summed E-state index contributed by atoms with van der Waals surface area (Å²) in [6.07, 6.45) is 4.16.